The molecule has 0 unspecified atom stereocenters. The summed E-state index contributed by atoms with van der Waals surface area (Å²) >= 11 is 0. The van der Waals surface area contributed by atoms with Crippen LogP contribution >= 0.6 is 0 Å². The van der Waals surface area contributed by atoms with Crippen LogP contribution in [0.5, 0.6) is 0 Å². The van der Waals surface area contributed by atoms with Gasteiger partial charge in [0.15, 0.2) is 0 Å². The molecule has 5 heteroatoms. The first-order valence-electron chi connectivity index (χ1n) is 6.74. The van der Waals surface area contributed by atoms with Crippen LogP contribution in [0.4, 0.5) is 17.1 Å². The molecule has 0 saturated carbocycles. The zero-order valence-corrected chi connectivity index (χ0v) is 11.9. The van der Waals surface area contributed by atoms with Crippen LogP contribution in [0.15, 0.2) is 18.2 Å². The van der Waals surface area contributed by atoms with Gasteiger partial charge >= 0.3 is 0 Å². The van der Waals surface area contributed by atoms with Crippen LogP contribution in [0, 0.1) is 0 Å². The number of hydrogen-bond acceptors (Lipinski definition) is 5. The van der Waals surface area contributed by atoms with Crippen molar-refractivity contribution in [3.63, 3.8) is 0 Å². The Balaban J connectivity index is 2.66. The molecule has 0 aliphatic carbocycles. The lowest BCUT2D eigenvalue weighted by molar-refractivity contribution is 0.141. The van der Waals surface area contributed by atoms with Gasteiger partial charge in [0.2, 0.25) is 0 Å². The van der Waals surface area contributed by atoms with Crippen molar-refractivity contribution in [3.05, 3.63) is 18.2 Å². The lowest BCUT2D eigenvalue weighted by Crippen LogP contribution is -2.31. The molecule has 4 N–H and O–H groups in total. The van der Waals surface area contributed by atoms with E-state index in [1.165, 1.54) is 0 Å². The second-order valence-corrected chi connectivity index (χ2v) is 4.19. The van der Waals surface area contributed by atoms with E-state index in [9.17, 15) is 0 Å². The molecule has 0 heterocycles. The SMILES string of the molecule is CCOCCN(CCOCC)c1ccc(N)c(N)c1. The minimum absolute atomic E-state index is 0.607. The zero-order chi connectivity index (χ0) is 14.1. The van der Waals surface area contributed by atoms with E-state index in [0.717, 1.165) is 32.0 Å². The molecule has 0 bridgehead atoms. The fourth-order valence-electron chi connectivity index (χ4n) is 1.77. The maximum absolute atomic E-state index is 5.85. The number of ether oxygens (including phenoxy) is 2. The van der Waals surface area contributed by atoms with Crippen molar-refractivity contribution < 1.29 is 9.47 Å². The highest BCUT2D eigenvalue weighted by Gasteiger charge is 2.08. The molecule has 108 valence electrons. The topological polar surface area (TPSA) is 73.7 Å². The Morgan fingerprint density at radius 3 is 2.00 bits per heavy atom. The summed E-state index contributed by atoms with van der Waals surface area (Å²) in [7, 11) is 0. The summed E-state index contributed by atoms with van der Waals surface area (Å²) in [5.74, 6) is 0. The van der Waals surface area contributed by atoms with E-state index in [-0.39, 0.29) is 0 Å². The predicted molar refractivity (Wildman–Crippen MR) is 80.5 cm³/mol. The maximum atomic E-state index is 5.85. The van der Waals surface area contributed by atoms with Crippen LogP contribution < -0.4 is 16.4 Å². The maximum Gasteiger partial charge on any atom is 0.0641 e. The number of rotatable bonds is 9. The smallest absolute Gasteiger partial charge is 0.0641 e. The normalized spacial score (nSPS) is 10.6. The Kier molecular flexibility index (Phi) is 7.07. The minimum Gasteiger partial charge on any atom is -0.397 e. The van der Waals surface area contributed by atoms with Crippen molar-refractivity contribution in [1.29, 1.82) is 0 Å². The van der Waals surface area contributed by atoms with Gasteiger partial charge in [-0.05, 0) is 32.0 Å². The van der Waals surface area contributed by atoms with Crippen molar-refractivity contribution in [2.45, 2.75) is 13.8 Å². The molecule has 0 saturated heterocycles. The number of anilines is 3. The molecule has 0 aromatic heterocycles. The molecule has 19 heavy (non-hydrogen) atoms. The first kappa shape index (κ1) is 15.6. The van der Waals surface area contributed by atoms with E-state index in [1.807, 2.05) is 32.0 Å². The van der Waals surface area contributed by atoms with E-state index in [1.54, 1.807) is 0 Å². The molecule has 0 aliphatic rings. The van der Waals surface area contributed by atoms with E-state index >= 15 is 0 Å². The van der Waals surface area contributed by atoms with Gasteiger partial charge in [-0.15, -0.1) is 0 Å². The van der Waals surface area contributed by atoms with Crippen molar-refractivity contribution >= 4 is 17.1 Å². The minimum atomic E-state index is 0.607. The van der Waals surface area contributed by atoms with Crippen molar-refractivity contribution in [2.75, 3.05) is 55.9 Å². The van der Waals surface area contributed by atoms with E-state index < -0.39 is 0 Å². The fraction of sp³-hybridized carbons (Fsp3) is 0.571. The number of nitrogens with two attached hydrogens (primary N) is 2. The summed E-state index contributed by atoms with van der Waals surface area (Å²) in [6.45, 7) is 8.43. The molecule has 0 spiro atoms. The molecule has 0 radical (unpaired) electrons. The quantitative estimate of drug-likeness (QED) is 0.526. The largest absolute Gasteiger partial charge is 0.397 e. The molecule has 0 amide bonds. The first-order chi connectivity index (χ1) is 9.19. The van der Waals surface area contributed by atoms with Gasteiger partial charge in [-0.25, -0.2) is 0 Å². The van der Waals surface area contributed by atoms with Crippen LogP contribution in [-0.4, -0.2) is 39.5 Å². The van der Waals surface area contributed by atoms with Crippen molar-refractivity contribution in [2.24, 2.45) is 0 Å². The molecule has 0 aliphatic heterocycles. The number of hydrogen-bond donors (Lipinski definition) is 2. The lowest BCUT2D eigenvalue weighted by atomic mass is 10.2. The standard InChI is InChI=1S/C14H25N3O2/c1-3-18-9-7-17(8-10-19-4-2)12-5-6-13(15)14(16)11-12/h5-6,11H,3-4,7-10,15-16H2,1-2H3. The van der Waals surface area contributed by atoms with Crippen LogP contribution in [0.3, 0.4) is 0 Å². The highest BCUT2D eigenvalue weighted by Crippen LogP contribution is 2.22. The predicted octanol–water partition coefficient (Wildman–Crippen LogP) is 1.73. The summed E-state index contributed by atoms with van der Waals surface area (Å²) in [4.78, 5) is 2.20. The van der Waals surface area contributed by atoms with Crippen LogP contribution in [-0.2, 0) is 9.47 Å². The van der Waals surface area contributed by atoms with Gasteiger partial charge in [-0.1, -0.05) is 0 Å². The third kappa shape index (κ3) is 5.36. The molecule has 1 aromatic rings. The summed E-state index contributed by atoms with van der Waals surface area (Å²) in [5, 5.41) is 0. The molecule has 0 atom stereocenters. The van der Waals surface area contributed by atoms with Gasteiger partial charge in [0.05, 0.1) is 24.6 Å². The third-order valence-corrected chi connectivity index (χ3v) is 2.85. The van der Waals surface area contributed by atoms with Gasteiger partial charge in [-0.3, -0.25) is 0 Å². The van der Waals surface area contributed by atoms with Crippen molar-refractivity contribution in [3.8, 4) is 0 Å². The highest BCUT2D eigenvalue weighted by atomic mass is 16.5. The molecule has 1 rings (SSSR count). The molecular weight excluding hydrogens is 242 g/mol. The van der Waals surface area contributed by atoms with E-state index in [4.69, 9.17) is 20.9 Å². The Morgan fingerprint density at radius 2 is 1.53 bits per heavy atom. The second kappa shape index (κ2) is 8.61. The van der Waals surface area contributed by atoms with Gasteiger partial charge in [0.25, 0.3) is 0 Å². The Bertz CT molecular complexity index is 362. The average Bonchev–Trinajstić information content (AvgIpc) is 2.41. The summed E-state index contributed by atoms with van der Waals surface area (Å²) in [6.07, 6.45) is 0. The van der Waals surface area contributed by atoms with Crippen LogP contribution in [0.25, 0.3) is 0 Å². The van der Waals surface area contributed by atoms with E-state index in [2.05, 4.69) is 4.90 Å². The Hall–Kier alpha value is -1.46. The molecule has 1 aromatic carbocycles. The summed E-state index contributed by atoms with van der Waals surface area (Å²) in [6, 6.07) is 5.70. The fourth-order valence-corrected chi connectivity index (χ4v) is 1.77. The lowest BCUT2D eigenvalue weighted by Gasteiger charge is -2.25. The molecular formula is C14H25N3O2. The second-order valence-electron chi connectivity index (χ2n) is 4.19. The number of benzene rings is 1. The Morgan fingerprint density at radius 1 is 0.947 bits per heavy atom. The van der Waals surface area contributed by atoms with Gasteiger partial charge in [0, 0.05) is 32.0 Å². The molecule has 0 fully saturated rings. The van der Waals surface area contributed by atoms with Gasteiger partial charge in [-0.2, -0.15) is 0 Å². The summed E-state index contributed by atoms with van der Waals surface area (Å²) < 4.78 is 10.8. The van der Waals surface area contributed by atoms with Gasteiger partial charge in [0.1, 0.15) is 0 Å². The van der Waals surface area contributed by atoms with Gasteiger partial charge < -0.3 is 25.8 Å². The number of nitrogens with zero attached hydrogens (tertiary/aromatic N) is 1. The van der Waals surface area contributed by atoms with E-state index in [0.29, 0.717) is 24.6 Å². The first-order valence-corrected chi connectivity index (χ1v) is 6.74. The monoisotopic (exact) mass is 267 g/mol. The third-order valence-electron chi connectivity index (χ3n) is 2.85. The Labute approximate surface area is 115 Å². The van der Waals surface area contributed by atoms with Crippen LogP contribution in [0.2, 0.25) is 0 Å². The molecule has 5 nitrogen and oxygen atoms in total. The zero-order valence-electron chi connectivity index (χ0n) is 11.9. The van der Waals surface area contributed by atoms with Crippen LogP contribution in [0.1, 0.15) is 13.8 Å². The van der Waals surface area contributed by atoms with Crippen molar-refractivity contribution in [1.82, 2.24) is 0 Å². The summed E-state index contributed by atoms with van der Waals surface area (Å²) in [5.41, 5.74) is 13.9. The average molecular weight is 267 g/mol. The number of nitrogen functional groups attached to an aromatic ring is 2. The highest BCUT2D eigenvalue weighted by molar-refractivity contribution is 5.69.